The lowest BCUT2D eigenvalue weighted by atomic mass is 10.1. The first-order chi connectivity index (χ1) is 9.17. The van der Waals surface area contributed by atoms with Gasteiger partial charge in [0.2, 0.25) is 0 Å². The predicted octanol–water partition coefficient (Wildman–Crippen LogP) is 2.69. The van der Waals surface area contributed by atoms with E-state index in [0.717, 1.165) is 18.5 Å². The summed E-state index contributed by atoms with van der Waals surface area (Å²) in [4.78, 5) is 11.2. The minimum Gasteiger partial charge on any atom is -0.482 e. The average molecular weight is 265 g/mol. The fraction of sp³-hybridized carbons (Fsp3) is 0.533. The monoisotopic (exact) mass is 265 g/mol. The maximum atomic E-state index is 11.2. The molecule has 0 aliphatic heterocycles. The summed E-state index contributed by atoms with van der Waals surface area (Å²) in [6, 6.07) is 8.04. The topological polar surface area (TPSA) is 47.6 Å². The summed E-state index contributed by atoms with van der Waals surface area (Å²) in [5.41, 5.74) is 1.15. The summed E-state index contributed by atoms with van der Waals surface area (Å²) in [5.74, 6) is 0.348. The Hall–Kier alpha value is -1.55. The van der Waals surface area contributed by atoms with E-state index in [1.54, 1.807) is 6.92 Å². The minimum atomic E-state index is -0.343. The molecule has 0 bridgehead atoms. The molecule has 0 aliphatic rings. The van der Waals surface area contributed by atoms with Gasteiger partial charge in [0.1, 0.15) is 5.75 Å². The molecule has 0 aromatic heterocycles. The van der Waals surface area contributed by atoms with Crippen LogP contribution in [0, 0.1) is 0 Å². The molecule has 19 heavy (non-hydrogen) atoms. The molecular formula is C15H23NO3. The number of carbonyl (C=O) groups excluding carboxylic acids is 1. The molecule has 1 aromatic carbocycles. The van der Waals surface area contributed by atoms with Gasteiger partial charge in [0.05, 0.1) is 6.61 Å². The summed E-state index contributed by atoms with van der Waals surface area (Å²) in [5, 5.41) is 3.41. The van der Waals surface area contributed by atoms with E-state index >= 15 is 0 Å². The molecule has 4 nitrogen and oxygen atoms in total. The van der Waals surface area contributed by atoms with Crippen molar-refractivity contribution >= 4 is 5.97 Å². The van der Waals surface area contributed by atoms with Gasteiger partial charge in [-0.15, -0.1) is 0 Å². The van der Waals surface area contributed by atoms with Crippen molar-refractivity contribution in [1.82, 2.24) is 5.32 Å². The van der Waals surface area contributed by atoms with Crippen LogP contribution in [0.15, 0.2) is 24.3 Å². The summed E-state index contributed by atoms with van der Waals surface area (Å²) >= 11 is 0. The molecule has 0 aliphatic carbocycles. The second-order valence-electron chi connectivity index (χ2n) is 4.34. The maximum absolute atomic E-state index is 11.2. The standard InChI is InChI=1S/C15H23NO3/c1-4-9-16-12(3)13-7-6-8-14(10-13)19-11-15(17)18-5-2/h6-8,10,12,16H,4-5,9,11H2,1-3H3. The zero-order chi connectivity index (χ0) is 14.1. The molecule has 0 saturated heterocycles. The van der Waals surface area contributed by atoms with Crippen LogP contribution in [0.5, 0.6) is 5.75 Å². The highest BCUT2D eigenvalue weighted by Crippen LogP contribution is 2.19. The molecule has 1 N–H and O–H groups in total. The number of esters is 1. The number of ether oxygens (including phenoxy) is 2. The van der Waals surface area contributed by atoms with Gasteiger partial charge in [-0.1, -0.05) is 19.1 Å². The first-order valence-corrected chi connectivity index (χ1v) is 6.79. The summed E-state index contributed by atoms with van der Waals surface area (Å²) < 4.78 is 10.2. The number of rotatable bonds is 8. The first kappa shape index (κ1) is 15.5. The molecular weight excluding hydrogens is 242 g/mol. The van der Waals surface area contributed by atoms with Crippen molar-refractivity contribution < 1.29 is 14.3 Å². The third-order valence-electron chi connectivity index (χ3n) is 2.72. The van der Waals surface area contributed by atoms with Gasteiger partial charge in [0.15, 0.2) is 6.61 Å². The molecule has 0 spiro atoms. The van der Waals surface area contributed by atoms with E-state index in [2.05, 4.69) is 19.2 Å². The molecule has 0 saturated carbocycles. The number of carbonyl (C=O) groups is 1. The van der Waals surface area contributed by atoms with E-state index in [1.165, 1.54) is 0 Å². The van der Waals surface area contributed by atoms with Gasteiger partial charge in [0, 0.05) is 6.04 Å². The van der Waals surface area contributed by atoms with E-state index in [0.29, 0.717) is 12.4 Å². The van der Waals surface area contributed by atoms with Crippen LogP contribution in [-0.2, 0) is 9.53 Å². The lowest BCUT2D eigenvalue weighted by Gasteiger charge is -2.14. The summed E-state index contributed by atoms with van der Waals surface area (Å²) in [6.07, 6.45) is 1.10. The Morgan fingerprint density at radius 2 is 2.16 bits per heavy atom. The summed E-state index contributed by atoms with van der Waals surface area (Å²) in [7, 11) is 0. The molecule has 1 rings (SSSR count). The average Bonchev–Trinajstić information content (AvgIpc) is 2.43. The molecule has 1 aromatic rings. The van der Waals surface area contributed by atoms with E-state index in [9.17, 15) is 4.79 Å². The third kappa shape index (κ3) is 5.75. The van der Waals surface area contributed by atoms with E-state index in [-0.39, 0.29) is 18.6 Å². The Morgan fingerprint density at radius 3 is 2.84 bits per heavy atom. The Labute approximate surface area is 115 Å². The zero-order valence-electron chi connectivity index (χ0n) is 11.9. The van der Waals surface area contributed by atoms with Crippen molar-refractivity contribution in [3.63, 3.8) is 0 Å². The predicted molar refractivity (Wildman–Crippen MR) is 75.3 cm³/mol. The normalized spacial score (nSPS) is 11.9. The highest BCUT2D eigenvalue weighted by Gasteiger charge is 2.07. The van der Waals surface area contributed by atoms with Crippen molar-refractivity contribution in [2.24, 2.45) is 0 Å². The molecule has 0 heterocycles. The van der Waals surface area contributed by atoms with Crippen LogP contribution in [-0.4, -0.2) is 25.7 Å². The lowest BCUT2D eigenvalue weighted by molar-refractivity contribution is -0.145. The van der Waals surface area contributed by atoms with Crippen LogP contribution in [0.3, 0.4) is 0 Å². The molecule has 0 amide bonds. The van der Waals surface area contributed by atoms with Gasteiger partial charge in [-0.2, -0.15) is 0 Å². The molecule has 106 valence electrons. The second-order valence-corrected chi connectivity index (χ2v) is 4.34. The molecule has 0 radical (unpaired) electrons. The first-order valence-electron chi connectivity index (χ1n) is 6.79. The Morgan fingerprint density at radius 1 is 1.37 bits per heavy atom. The van der Waals surface area contributed by atoms with Crippen LogP contribution in [0.25, 0.3) is 0 Å². The molecule has 4 heteroatoms. The smallest absolute Gasteiger partial charge is 0.344 e. The van der Waals surface area contributed by atoms with Crippen LogP contribution < -0.4 is 10.1 Å². The zero-order valence-corrected chi connectivity index (χ0v) is 11.9. The van der Waals surface area contributed by atoms with Gasteiger partial charge in [-0.3, -0.25) is 0 Å². The Balaban J connectivity index is 2.54. The number of hydrogen-bond donors (Lipinski definition) is 1. The highest BCUT2D eigenvalue weighted by atomic mass is 16.6. The molecule has 1 unspecified atom stereocenters. The van der Waals surface area contributed by atoms with Gasteiger partial charge in [-0.25, -0.2) is 4.79 Å². The van der Waals surface area contributed by atoms with Crippen LogP contribution in [0.1, 0.15) is 38.8 Å². The van der Waals surface area contributed by atoms with Crippen LogP contribution in [0.2, 0.25) is 0 Å². The SMILES string of the molecule is CCCNC(C)c1cccc(OCC(=O)OCC)c1. The maximum Gasteiger partial charge on any atom is 0.344 e. The minimum absolute atomic E-state index is 0.0476. The fourth-order valence-electron chi connectivity index (χ4n) is 1.70. The number of benzene rings is 1. The fourth-order valence-corrected chi connectivity index (χ4v) is 1.70. The number of nitrogens with one attached hydrogen (secondary N) is 1. The Bertz CT molecular complexity index is 393. The Kier molecular flexibility index (Phi) is 6.97. The van der Waals surface area contributed by atoms with Gasteiger partial charge in [-0.05, 0) is 44.5 Å². The lowest BCUT2D eigenvalue weighted by Crippen LogP contribution is -2.19. The third-order valence-corrected chi connectivity index (χ3v) is 2.72. The highest BCUT2D eigenvalue weighted by molar-refractivity contribution is 5.71. The van der Waals surface area contributed by atoms with Gasteiger partial charge >= 0.3 is 5.97 Å². The largest absolute Gasteiger partial charge is 0.482 e. The summed E-state index contributed by atoms with van der Waals surface area (Å²) in [6.45, 7) is 7.33. The number of hydrogen-bond acceptors (Lipinski definition) is 4. The quantitative estimate of drug-likeness (QED) is 0.734. The van der Waals surface area contributed by atoms with Crippen molar-refractivity contribution in [3.05, 3.63) is 29.8 Å². The van der Waals surface area contributed by atoms with E-state index < -0.39 is 0 Å². The molecule has 0 fully saturated rings. The van der Waals surface area contributed by atoms with E-state index in [1.807, 2.05) is 24.3 Å². The van der Waals surface area contributed by atoms with E-state index in [4.69, 9.17) is 9.47 Å². The van der Waals surface area contributed by atoms with Gasteiger partial charge in [0.25, 0.3) is 0 Å². The van der Waals surface area contributed by atoms with Crippen molar-refractivity contribution in [3.8, 4) is 5.75 Å². The van der Waals surface area contributed by atoms with Crippen molar-refractivity contribution in [2.45, 2.75) is 33.2 Å². The van der Waals surface area contributed by atoms with Crippen molar-refractivity contribution in [1.29, 1.82) is 0 Å². The molecule has 1 atom stereocenters. The van der Waals surface area contributed by atoms with Gasteiger partial charge < -0.3 is 14.8 Å². The van der Waals surface area contributed by atoms with Crippen LogP contribution in [0.4, 0.5) is 0 Å². The second kappa shape index (κ2) is 8.53. The van der Waals surface area contributed by atoms with Crippen molar-refractivity contribution in [2.75, 3.05) is 19.8 Å². The van der Waals surface area contributed by atoms with Crippen LogP contribution >= 0.6 is 0 Å².